The molecule has 1 aromatic heterocycles. The van der Waals surface area contributed by atoms with Crippen LogP contribution in [-0.2, 0) is 6.66 Å². The number of hydrogen-bond acceptors (Lipinski definition) is 2. The molecule has 0 saturated heterocycles. The van der Waals surface area contributed by atoms with E-state index in [-0.39, 0.29) is 7.53 Å². The van der Waals surface area contributed by atoms with Crippen LogP contribution in [0.4, 0.5) is 0 Å². The summed E-state index contributed by atoms with van der Waals surface area (Å²) < 4.78 is 0. The maximum atomic E-state index is 2.37. The monoisotopic (exact) mass is 204 g/mol. The Morgan fingerprint density at radius 3 is 2.64 bits per heavy atom. The van der Waals surface area contributed by atoms with E-state index in [0.29, 0.717) is 0 Å². The van der Waals surface area contributed by atoms with Crippen molar-refractivity contribution in [1.29, 1.82) is 0 Å². The Morgan fingerprint density at radius 2 is 2.18 bits per heavy atom. The molecule has 0 aliphatic rings. The highest BCUT2D eigenvalue weighted by molar-refractivity contribution is 8.76. The van der Waals surface area contributed by atoms with Crippen molar-refractivity contribution >= 4 is 29.1 Å². The van der Waals surface area contributed by atoms with E-state index in [9.17, 15) is 0 Å². The highest BCUT2D eigenvalue weighted by atomic mass is 33.1. The van der Waals surface area contributed by atoms with Crippen LogP contribution in [0.15, 0.2) is 22.6 Å². The summed E-state index contributed by atoms with van der Waals surface area (Å²) in [5.74, 6) is 4.67. The van der Waals surface area contributed by atoms with Gasteiger partial charge in [0.1, 0.15) is 0 Å². The molecule has 0 spiro atoms. The molecule has 0 bridgehead atoms. The Bertz CT molecular complexity index is 218. The molecule has 0 radical (unpaired) electrons. The van der Waals surface area contributed by atoms with Gasteiger partial charge in [-0.3, -0.25) is 0 Å². The van der Waals surface area contributed by atoms with Crippen LogP contribution in [0.25, 0.3) is 0 Å². The van der Waals surface area contributed by atoms with E-state index >= 15 is 0 Å². The van der Waals surface area contributed by atoms with Gasteiger partial charge in [-0.05, 0) is 24.3 Å². The van der Waals surface area contributed by atoms with E-state index in [1.165, 1.54) is 4.90 Å². The molecule has 0 nitrogen and oxygen atoms in total. The number of aryl methyl sites for hydroxylation is 1. The summed E-state index contributed by atoms with van der Waals surface area (Å²) in [6.45, 7) is 6.73. The van der Waals surface area contributed by atoms with Gasteiger partial charge in [0.25, 0.3) is 0 Å². The van der Waals surface area contributed by atoms with Crippen LogP contribution in [0.3, 0.4) is 0 Å². The molecule has 0 aliphatic carbocycles. The lowest BCUT2D eigenvalue weighted by atomic mass is 10.6. The van der Waals surface area contributed by atoms with Gasteiger partial charge >= 0.3 is 0 Å². The summed E-state index contributed by atoms with van der Waals surface area (Å²) in [4.78, 5) is 1.44. The van der Waals surface area contributed by atoms with Crippen LogP contribution in [0.5, 0.6) is 0 Å². The first kappa shape index (κ1) is 9.57. The van der Waals surface area contributed by atoms with E-state index in [1.807, 2.05) is 21.6 Å². The van der Waals surface area contributed by atoms with Crippen LogP contribution < -0.4 is 0 Å². The molecule has 0 fully saturated rings. The molecule has 1 heterocycles. The predicted octanol–water partition coefficient (Wildman–Crippen LogP) is 4.36. The van der Waals surface area contributed by atoms with Crippen molar-refractivity contribution in [1.82, 2.24) is 0 Å². The zero-order chi connectivity index (χ0) is 8.27. The highest BCUT2D eigenvalue weighted by Crippen LogP contribution is 2.39. The standard InChI is InChI=1S/C8H13PS2/c1-7(2)10-11-8-4-5-9(3)6-8/h4-7H,1-3H3. The van der Waals surface area contributed by atoms with Crippen molar-refractivity contribution in [3.05, 3.63) is 17.7 Å². The Hall–Kier alpha value is 0.480. The average molecular weight is 204 g/mol. The van der Waals surface area contributed by atoms with Gasteiger partial charge in [-0.2, -0.15) is 0 Å². The van der Waals surface area contributed by atoms with E-state index in [1.54, 1.807) is 0 Å². The molecule has 0 aliphatic heterocycles. The topological polar surface area (TPSA) is 0 Å². The van der Waals surface area contributed by atoms with Gasteiger partial charge in [0.2, 0.25) is 0 Å². The lowest BCUT2D eigenvalue weighted by molar-refractivity contribution is 1.12. The van der Waals surface area contributed by atoms with Gasteiger partial charge in [-0.25, -0.2) is 0 Å². The molecule has 1 unspecified atom stereocenters. The summed E-state index contributed by atoms with van der Waals surface area (Å²) in [5, 5.41) is 0.720. The van der Waals surface area contributed by atoms with E-state index in [0.717, 1.165) is 5.25 Å². The zero-order valence-electron chi connectivity index (χ0n) is 7.07. The normalized spacial score (nSPS) is 12.5. The fraction of sp³-hybridized carbons (Fsp3) is 0.500. The van der Waals surface area contributed by atoms with Gasteiger partial charge in [0, 0.05) is 10.1 Å². The first-order valence-electron chi connectivity index (χ1n) is 3.64. The van der Waals surface area contributed by atoms with Crippen LogP contribution in [0.1, 0.15) is 13.8 Å². The fourth-order valence-corrected chi connectivity index (χ4v) is 4.31. The maximum absolute atomic E-state index is 2.37. The van der Waals surface area contributed by atoms with Gasteiger partial charge in [0.15, 0.2) is 0 Å². The van der Waals surface area contributed by atoms with Crippen molar-refractivity contribution in [2.45, 2.75) is 24.0 Å². The quantitative estimate of drug-likeness (QED) is 0.671. The summed E-state index contributed by atoms with van der Waals surface area (Å²) in [6, 6.07) is 2.24. The summed E-state index contributed by atoms with van der Waals surface area (Å²) in [6.07, 6.45) is 0. The van der Waals surface area contributed by atoms with Gasteiger partial charge in [0.05, 0.1) is 0 Å². The molecular weight excluding hydrogens is 191 g/mol. The van der Waals surface area contributed by atoms with Crippen molar-refractivity contribution < 1.29 is 0 Å². The Labute approximate surface area is 77.6 Å². The molecule has 62 valence electrons. The predicted molar refractivity (Wildman–Crippen MR) is 58.7 cm³/mol. The molecule has 0 aromatic carbocycles. The minimum Gasteiger partial charge on any atom is -0.127 e. The Morgan fingerprint density at radius 1 is 1.45 bits per heavy atom. The lowest BCUT2D eigenvalue weighted by Gasteiger charge is -2.00. The maximum Gasteiger partial charge on any atom is 0.0225 e. The summed E-state index contributed by atoms with van der Waals surface area (Å²) >= 11 is 0. The lowest BCUT2D eigenvalue weighted by Crippen LogP contribution is -1.79. The minimum atomic E-state index is 0.0881. The highest BCUT2D eigenvalue weighted by Gasteiger charge is 1.98. The zero-order valence-corrected chi connectivity index (χ0v) is 9.60. The molecule has 0 N–H and O–H groups in total. The SMILES string of the molecule is CC(C)SSc1ccp(C)c1. The van der Waals surface area contributed by atoms with Gasteiger partial charge in [-0.1, -0.05) is 35.4 Å². The van der Waals surface area contributed by atoms with Crippen LogP contribution in [-0.4, -0.2) is 5.25 Å². The Balaban J connectivity index is 2.39. The summed E-state index contributed by atoms with van der Waals surface area (Å²) in [7, 11) is 3.93. The second-order valence-electron chi connectivity index (χ2n) is 2.74. The van der Waals surface area contributed by atoms with E-state index in [2.05, 4.69) is 38.2 Å². The molecule has 0 saturated carbocycles. The average Bonchev–Trinajstić information content (AvgIpc) is 2.31. The third-order valence-electron chi connectivity index (χ3n) is 1.14. The minimum absolute atomic E-state index is 0.0881. The van der Waals surface area contributed by atoms with Crippen molar-refractivity contribution in [2.75, 3.05) is 0 Å². The van der Waals surface area contributed by atoms with Crippen LogP contribution in [0.2, 0.25) is 0 Å². The third-order valence-corrected chi connectivity index (χ3v) is 5.57. The number of rotatable bonds is 3. The van der Waals surface area contributed by atoms with Gasteiger partial charge in [-0.15, -0.1) is 7.53 Å². The first-order valence-corrected chi connectivity index (χ1v) is 7.78. The van der Waals surface area contributed by atoms with Crippen molar-refractivity contribution in [2.24, 2.45) is 6.66 Å². The van der Waals surface area contributed by atoms with E-state index in [4.69, 9.17) is 0 Å². The first-order chi connectivity index (χ1) is 5.18. The Kier molecular flexibility index (Phi) is 3.91. The van der Waals surface area contributed by atoms with Crippen LogP contribution in [0, 0.1) is 0 Å². The molecule has 3 heteroatoms. The van der Waals surface area contributed by atoms with Gasteiger partial charge < -0.3 is 0 Å². The van der Waals surface area contributed by atoms with Crippen LogP contribution >= 0.6 is 29.1 Å². The molecular formula is C8H13PS2. The molecule has 11 heavy (non-hydrogen) atoms. The molecule has 1 rings (SSSR count). The molecule has 0 amide bonds. The molecule has 1 aromatic rings. The van der Waals surface area contributed by atoms with Crippen molar-refractivity contribution in [3.63, 3.8) is 0 Å². The number of hydrogen-bond donors (Lipinski definition) is 0. The fourth-order valence-electron chi connectivity index (χ4n) is 0.679. The third kappa shape index (κ3) is 3.59. The molecule has 1 atom stereocenters. The second kappa shape index (κ2) is 4.49. The largest absolute Gasteiger partial charge is 0.127 e. The second-order valence-corrected chi connectivity index (χ2v) is 7.48. The smallest absolute Gasteiger partial charge is 0.0225 e. The summed E-state index contributed by atoms with van der Waals surface area (Å²) in [5.41, 5.74) is 0. The van der Waals surface area contributed by atoms with Crippen molar-refractivity contribution in [3.8, 4) is 0 Å². The van der Waals surface area contributed by atoms with E-state index < -0.39 is 0 Å².